The molecule has 1 N–H and O–H groups in total. The van der Waals surface area contributed by atoms with Crippen molar-refractivity contribution in [1.29, 1.82) is 0 Å². The van der Waals surface area contributed by atoms with E-state index in [1.807, 2.05) is 66.7 Å². The van der Waals surface area contributed by atoms with Crippen LogP contribution < -0.4 is 5.48 Å². The van der Waals surface area contributed by atoms with Crippen molar-refractivity contribution in [3.63, 3.8) is 0 Å². The van der Waals surface area contributed by atoms with E-state index in [1.165, 1.54) is 0 Å². The van der Waals surface area contributed by atoms with E-state index in [9.17, 15) is 9.59 Å². The summed E-state index contributed by atoms with van der Waals surface area (Å²) in [6.45, 7) is 5.58. The number of amides is 1. The molecule has 1 atom stereocenters. The van der Waals surface area contributed by atoms with Crippen molar-refractivity contribution in [1.82, 2.24) is 5.48 Å². The fraction of sp³-hybridized carbons (Fsp3) is 0.310. The van der Waals surface area contributed by atoms with Gasteiger partial charge in [0.2, 0.25) is 6.10 Å². The van der Waals surface area contributed by atoms with Gasteiger partial charge in [-0.15, -0.1) is 0 Å². The molecule has 36 heavy (non-hydrogen) atoms. The summed E-state index contributed by atoms with van der Waals surface area (Å²) < 4.78 is 16.5. The Bertz CT molecular complexity index is 1140. The molecular weight excluding hydrogens is 458 g/mol. The highest BCUT2D eigenvalue weighted by Gasteiger charge is 2.30. The van der Waals surface area contributed by atoms with Crippen LogP contribution in [0.1, 0.15) is 43.4 Å². The molecule has 3 aromatic carbocycles. The minimum Gasteiger partial charge on any atom is -0.458 e. The molecule has 1 aliphatic rings. The van der Waals surface area contributed by atoms with Crippen molar-refractivity contribution >= 4 is 12.1 Å². The number of hydrogen-bond acceptors (Lipinski definition) is 6. The molecule has 0 heterocycles. The molecule has 0 radical (unpaired) electrons. The van der Waals surface area contributed by atoms with Crippen molar-refractivity contribution < 1.29 is 28.6 Å². The van der Waals surface area contributed by atoms with Gasteiger partial charge in [0.1, 0.15) is 12.2 Å². The molecule has 4 rings (SSSR count). The van der Waals surface area contributed by atoms with Gasteiger partial charge in [-0.3, -0.25) is 4.84 Å². The Balaban J connectivity index is 1.33. The Hall–Kier alpha value is -3.68. The molecule has 1 aliphatic carbocycles. The summed E-state index contributed by atoms with van der Waals surface area (Å²) in [5, 5.41) is 0. The zero-order chi connectivity index (χ0) is 25.5. The summed E-state index contributed by atoms with van der Waals surface area (Å²) in [5.41, 5.74) is 6.94. The number of rotatable bonds is 9. The van der Waals surface area contributed by atoms with Crippen LogP contribution in [0.2, 0.25) is 0 Å². The van der Waals surface area contributed by atoms with E-state index in [0.717, 1.165) is 27.8 Å². The van der Waals surface area contributed by atoms with Crippen LogP contribution in [0.3, 0.4) is 0 Å². The van der Waals surface area contributed by atoms with Crippen LogP contribution in [-0.2, 0) is 30.4 Å². The molecule has 0 saturated carbocycles. The molecule has 0 aromatic heterocycles. The molecule has 0 bridgehead atoms. The fourth-order valence-electron chi connectivity index (χ4n) is 4.12. The average molecular weight is 490 g/mol. The number of nitrogens with one attached hydrogen (secondary N) is 1. The summed E-state index contributed by atoms with van der Waals surface area (Å²) in [6, 6.07) is 25.7. The number of hydroxylamine groups is 1. The van der Waals surface area contributed by atoms with Crippen LogP contribution >= 0.6 is 0 Å². The van der Waals surface area contributed by atoms with E-state index in [2.05, 4.69) is 17.6 Å². The number of benzene rings is 3. The van der Waals surface area contributed by atoms with Gasteiger partial charge in [0.15, 0.2) is 0 Å². The summed E-state index contributed by atoms with van der Waals surface area (Å²) in [6.07, 6.45) is -1.96. The standard InChI is InChI=1S/C29H31NO6/c1-29(2,3)35-27(31)26(19-33-17-20-11-5-4-6-12-20)36-30-28(32)34-18-25-23-15-9-7-13-21(23)22-14-8-10-16-24(22)25/h4-16,25-26H,17-19H2,1-3H3,(H,30,32)/t26-/m1/s1. The average Bonchev–Trinajstić information content (AvgIpc) is 3.18. The topological polar surface area (TPSA) is 83.1 Å². The molecule has 0 unspecified atom stereocenters. The first kappa shape index (κ1) is 25.4. The second-order valence-corrected chi connectivity index (χ2v) is 9.57. The molecular formula is C29H31NO6. The number of esters is 1. The Labute approximate surface area is 211 Å². The van der Waals surface area contributed by atoms with Crippen LogP contribution in [0.25, 0.3) is 11.1 Å². The van der Waals surface area contributed by atoms with Crippen molar-refractivity contribution in [3.05, 3.63) is 95.6 Å². The normalized spacial score (nSPS) is 13.4. The third kappa shape index (κ3) is 6.50. The molecule has 0 aliphatic heterocycles. The van der Waals surface area contributed by atoms with Crippen molar-refractivity contribution in [2.45, 2.75) is 45.0 Å². The number of fused-ring (bicyclic) bond motifs is 3. The highest BCUT2D eigenvalue weighted by Crippen LogP contribution is 2.44. The van der Waals surface area contributed by atoms with Crippen molar-refractivity contribution in [2.75, 3.05) is 13.2 Å². The summed E-state index contributed by atoms with van der Waals surface area (Å²) >= 11 is 0. The monoisotopic (exact) mass is 489 g/mol. The maximum absolute atomic E-state index is 12.6. The zero-order valence-electron chi connectivity index (χ0n) is 20.7. The van der Waals surface area contributed by atoms with E-state index >= 15 is 0 Å². The van der Waals surface area contributed by atoms with E-state index < -0.39 is 23.8 Å². The van der Waals surface area contributed by atoms with Gasteiger partial charge in [0.05, 0.1) is 13.2 Å². The van der Waals surface area contributed by atoms with Gasteiger partial charge in [-0.05, 0) is 48.6 Å². The second kappa shape index (κ2) is 11.4. The quantitative estimate of drug-likeness (QED) is 0.321. The molecule has 0 spiro atoms. The van der Waals surface area contributed by atoms with Crippen molar-refractivity contribution in [2.24, 2.45) is 0 Å². The SMILES string of the molecule is CC(C)(C)OC(=O)[C@@H](COCc1ccccc1)ONC(=O)OCC1c2ccccc2-c2ccccc21. The van der Waals surface area contributed by atoms with Crippen LogP contribution in [0, 0.1) is 0 Å². The Kier molecular flexibility index (Phi) is 8.03. The van der Waals surface area contributed by atoms with E-state index in [-0.39, 0.29) is 25.7 Å². The zero-order valence-corrected chi connectivity index (χ0v) is 20.7. The number of ether oxygens (including phenoxy) is 3. The molecule has 1 amide bonds. The predicted molar refractivity (Wildman–Crippen MR) is 135 cm³/mol. The second-order valence-electron chi connectivity index (χ2n) is 9.57. The van der Waals surface area contributed by atoms with Crippen molar-refractivity contribution in [3.8, 4) is 11.1 Å². The van der Waals surface area contributed by atoms with E-state index in [1.54, 1.807) is 20.8 Å². The first-order chi connectivity index (χ1) is 17.3. The summed E-state index contributed by atoms with van der Waals surface area (Å²) in [7, 11) is 0. The smallest absolute Gasteiger partial charge is 0.431 e. The lowest BCUT2D eigenvalue weighted by atomic mass is 9.98. The van der Waals surface area contributed by atoms with E-state index in [4.69, 9.17) is 19.0 Å². The Morgan fingerprint density at radius 2 is 1.44 bits per heavy atom. The minimum atomic E-state index is -1.16. The third-order valence-electron chi connectivity index (χ3n) is 5.68. The number of carbonyl (C=O) groups is 2. The molecule has 7 nitrogen and oxygen atoms in total. The summed E-state index contributed by atoms with van der Waals surface area (Å²) in [4.78, 5) is 30.5. The van der Waals surface area contributed by atoms with Crippen LogP contribution in [0.15, 0.2) is 78.9 Å². The first-order valence-electron chi connectivity index (χ1n) is 11.9. The van der Waals surface area contributed by atoms with Crippen LogP contribution in [0.5, 0.6) is 0 Å². The third-order valence-corrected chi connectivity index (χ3v) is 5.68. The maximum Gasteiger partial charge on any atom is 0.431 e. The molecule has 3 aromatic rings. The molecule has 0 fully saturated rings. The predicted octanol–water partition coefficient (Wildman–Crippen LogP) is 5.38. The van der Waals surface area contributed by atoms with Crippen LogP contribution in [-0.4, -0.2) is 37.0 Å². The molecule has 0 saturated heterocycles. The van der Waals surface area contributed by atoms with Gasteiger partial charge in [-0.1, -0.05) is 78.9 Å². The van der Waals surface area contributed by atoms with Gasteiger partial charge in [0.25, 0.3) is 0 Å². The van der Waals surface area contributed by atoms with Gasteiger partial charge < -0.3 is 14.2 Å². The minimum absolute atomic E-state index is 0.0843. The lowest BCUT2D eigenvalue weighted by molar-refractivity contribution is -0.177. The Morgan fingerprint density at radius 3 is 2.06 bits per heavy atom. The lowest BCUT2D eigenvalue weighted by Gasteiger charge is -2.24. The van der Waals surface area contributed by atoms with Crippen LogP contribution in [0.4, 0.5) is 4.79 Å². The number of carbonyl (C=O) groups excluding carboxylic acids is 2. The lowest BCUT2D eigenvalue weighted by Crippen LogP contribution is -2.41. The fourth-order valence-corrected chi connectivity index (χ4v) is 4.12. The maximum atomic E-state index is 12.6. The largest absolute Gasteiger partial charge is 0.458 e. The number of hydrogen-bond donors (Lipinski definition) is 1. The van der Waals surface area contributed by atoms with Gasteiger partial charge in [-0.25, -0.2) is 9.59 Å². The highest BCUT2D eigenvalue weighted by atomic mass is 16.7. The molecule has 188 valence electrons. The van der Waals surface area contributed by atoms with Gasteiger partial charge >= 0.3 is 12.1 Å². The highest BCUT2D eigenvalue weighted by molar-refractivity contribution is 5.79. The Morgan fingerprint density at radius 1 is 0.861 bits per heavy atom. The summed E-state index contributed by atoms with van der Waals surface area (Å²) in [5.74, 6) is -0.728. The van der Waals surface area contributed by atoms with Gasteiger partial charge in [-0.2, -0.15) is 5.48 Å². The van der Waals surface area contributed by atoms with E-state index in [0.29, 0.717) is 0 Å². The molecule has 7 heteroatoms. The van der Waals surface area contributed by atoms with Gasteiger partial charge in [0, 0.05) is 5.92 Å². The first-order valence-corrected chi connectivity index (χ1v) is 11.9.